The number of benzene rings is 2. The first kappa shape index (κ1) is 18.1. The normalized spacial score (nSPS) is 10.6. The fraction of sp³-hybridized carbons (Fsp3) is 0.0714. The number of anilines is 1. The highest BCUT2D eigenvalue weighted by Gasteiger charge is 2.11. The predicted octanol–water partition coefficient (Wildman–Crippen LogP) is 6.68. The molecule has 0 bridgehead atoms. The summed E-state index contributed by atoms with van der Waals surface area (Å²) in [5.74, 6) is -0.0993. The summed E-state index contributed by atoms with van der Waals surface area (Å²) in [6.45, 7) is 0. The highest BCUT2D eigenvalue weighted by Crippen LogP contribution is 2.33. The lowest BCUT2D eigenvalue weighted by Gasteiger charge is -2.09. The lowest BCUT2D eigenvalue weighted by atomic mass is 10.3. The lowest BCUT2D eigenvalue weighted by Crippen LogP contribution is -2.14. The van der Waals surface area contributed by atoms with E-state index in [0.717, 1.165) is 4.90 Å². The number of nitrogens with one attached hydrogen (secondary N) is 1. The molecule has 2 aromatic rings. The van der Waals surface area contributed by atoms with Gasteiger partial charge in [0, 0.05) is 9.92 Å². The largest absolute Gasteiger partial charge is 0.324 e. The van der Waals surface area contributed by atoms with Crippen LogP contribution < -0.4 is 5.32 Å². The minimum atomic E-state index is -0.249. The third kappa shape index (κ3) is 4.85. The van der Waals surface area contributed by atoms with Crippen molar-refractivity contribution in [2.24, 2.45) is 0 Å². The van der Waals surface area contributed by atoms with Gasteiger partial charge in [-0.1, -0.05) is 58.0 Å². The first-order valence-electron chi connectivity index (χ1n) is 5.89. The van der Waals surface area contributed by atoms with Crippen LogP contribution in [0.15, 0.2) is 35.2 Å². The van der Waals surface area contributed by atoms with E-state index in [0.29, 0.717) is 30.8 Å². The molecule has 8 heteroatoms. The molecule has 1 amide bonds. The maximum absolute atomic E-state index is 12.0. The molecule has 0 heterocycles. The van der Waals surface area contributed by atoms with Gasteiger partial charge in [-0.05, 0) is 30.3 Å². The first-order valence-corrected chi connectivity index (χ1v) is 8.76. The number of thioether (sulfide) groups is 1. The van der Waals surface area contributed by atoms with Crippen LogP contribution in [0.5, 0.6) is 0 Å². The summed E-state index contributed by atoms with van der Waals surface area (Å²) in [7, 11) is 0. The summed E-state index contributed by atoms with van der Waals surface area (Å²) in [6.07, 6.45) is 0. The van der Waals surface area contributed by atoms with Crippen LogP contribution in [0.25, 0.3) is 0 Å². The van der Waals surface area contributed by atoms with Crippen molar-refractivity contribution in [2.45, 2.75) is 4.90 Å². The van der Waals surface area contributed by atoms with Crippen LogP contribution >= 0.6 is 69.8 Å². The maximum Gasteiger partial charge on any atom is 0.234 e. The highest BCUT2D eigenvalue weighted by molar-refractivity contribution is 8.00. The second-order valence-corrected chi connectivity index (χ2v) is 7.24. The topological polar surface area (TPSA) is 29.1 Å². The molecule has 0 atom stereocenters. The van der Waals surface area contributed by atoms with Gasteiger partial charge in [0.15, 0.2) is 0 Å². The van der Waals surface area contributed by atoms with Gasteiger partial charge in [0.2, 0.25) is 5.91 Å². The van der Waals surface area contributed by atoms with Gasteiger partial charge in [0.25, 0.3) is 0 Å². The Kier molecular flexibility index (Phi) is 6.57. The van der Waals surface area contributed by atoms with Crippen LogP contribution in [0.4, 0.5) is 5.69 Å². The molecule has 0 saturated heterocycles. The van der Waals surface area contributed by atoms with Crippen LogP contribution in [-0.4, -0.2) is 11.7 Å². The summed E-state index contributed by atoms with van der Waals surface area (Å²) in [5, 5.41) is 4.71. The zero-order valence-electron chi connectivity index (χ0n) is 10.8. The number of halogens is 5. The average molecular weight is 416 g/mol. The van der Waals surface area contributed by atoms with E-state index in [9.17, 15) is 4.79 Å². The zero-order chi connectivity index (χ0) is 16.3. The van der Waals surface area contributed by atoms with Gasteiger partial charge >= 0.3 is 0 Å². The highest BCUT2D eigenvalue weighted by atomic mass is 35.5. The van der Waals surface area contributed by atoms with Crippen molar-refractivity contribution in [3.63, 3.8) is 0 Å². The van der Waals surface area contributed by atoms with E-state index in [1.165, 1.54) is 23.9 Å². The average Bonchev–Trinajstić information content (AvgIpc) is 2.45. The molecule has 0 fully saturated rings. The van der Waals surface area contributed by atoms with Crippen LogP contribution in [0, 0.1) is 0 Å². The molecule has 116 valence electrons. The number of carbonyl (C=O) groups excluding carboxylic acids is 1. The second kappa shape index (κ2) is 8.00. The van der Waals surface area contributed by atoms with E-state index >= 15 is 0 Å². The Morgan fingerprint density at radius 2 is 1.59 bits per heavy atom. The molecule has 0 radical (unpaired) electrons. The summed E-state index contributed by atoms with van der Waals surface area (Å²) in [5.41, 5.74) is 0.402. The van der Waals surface area contributed by atoms with Crippen molar-refractivity contribution in [2.75, 3.05) is 11.1 Å². The van der Waals surface area contributed by atoms with Gasteiger partial charge in [-0.2, -0.15) is 0 Å². The predicted molar refractivity (Wildman–Crippen MR) is 97.3 cm³/mol. The fourth-order valence-electron chi connectivity index (χ4n) is 1.54. The Labute approximate surface area is 157 Å². The maximum atomic E-state index is 12.0. The fourth-order valence-corrected chi connectivity index (χ4v) is 3.42. The van der Waals surface area contributed by atoms with Crippen molar-refractivity contribution in [1.29, 1.82) is 0 Å². The van der Waals surface area contributed by atoms with Crippen LogP contribution in [0.3, 0.4) is 0 Å². The molecule has 0 unspecified atom stereocenters. The number of carbonyl (C=O) groups is 1. The Morgan fingerprint density at radius 3 is 2.32 bits per heavy atom. The molecule has 2 rings (SSSR count). The Balaban J connectivity index is 2.02. The molecular weight excluding hydrogens is 407 g/mol. The standard InChI is InChI=1S/C14H8Cl5NOS/c15-7-1-2-8(16)13(3-7)22-6-14(21)20-12-5-10(18)9(17)4-11(12)19/h1-5H,6H2,(H,20,21). The molecule has 0 saturated carbocycles. The van der Waals surface area contributed by atoms with Gasteiger partial charge in [-0.3, -0.25) is 4.79 Å². The van der Waals surface area contributed by atoms with Gasteiger partial charge in [-0.25, -0.2) is 0 Å². The van der Waals surface area contributed by atoms with E-state index in [1.54, 1.807) is 18.2 Å². The SMILES string of the molecule is O=C(CSc1cc(Cl)ccc1Cl)Nc1cc(Cl)c(Cl)cc1Cl. The Morgan fingerprint density at radius 1 is 0.909 bits per heavy atom. The van der Waals surface area contributed by atoms with Gasteiger partial charge in [-0.15, -0.1) is 11.8 Å². The van der Waals surface area contributed by atoms with Crippen molar-refractivity contribution >= 4 is 81.4 Å². The monoisotopic (exact) mass is 413 g/mol. The van der Waals surface area contributed by atoms with Crippen molar-refractivity contribution < 1.29 is 4.79 Å². The molecule has 2 nitrogen and oxygen atoms in total. The van der Waals surface area contributed by atoms with Crippen molar-refractivity contribution in [1.82, 2.24) is 0 Å². The van der Waals surface area contributed by atoms with Crippen molar-refractivity contribution in [3.8, 4) is 0 Å². The summed E-state index contributed by atoms with van der Waals surface area (Å²) in [4.78, 5) is 12.7. The number of hydrogen-bond donors (Lipinski definition) is 1. The number of hydrogen-bond acceptors (Lipinski definition) is 2. The first-order chi connectivity index (χ1) is 10.4. The molecule has 22 heavy (non-hydrogen) atoms. The molecule has 0 aliphatic rings. The van der Waals surface area contributed by atoms with E-state index in [-0.39, 0.29) is 11.7 Å². The second-order valence-electron chi connectivity index (χ2n) is 4.16. The molecule has 0 aromatic heterocycles. The van der Waals surface area contributed by atoms with E-state index in [4.69, 9.17) is 58.0 Å². The smallest absolute Gasteiger partial charge is 0.234 e. The zero-order valence-corrected chi connectivity index (χ0v) is 15.4. The van der Waals surface area contributed by atoms with E-state index in [2.05, 4.69) is 5.32 Å². The Hall–Kier alpha value is -0.290. The number of amides is 1. The van der Waals surface area contributed by atoms with Gasteiger partial charge < -0.3 is 5.32 Å². The van der Waals surface area contributed by atoms with Crippen LogP contribution in [0.2, 0.25) is 25.1 Å². The lowest BCUT2D eigenvalue weighted by molar-refractivity contribution is -0.113. The quantitative estimate of drug-likeness (QED) is 0.445. The molecular formula is C14H8Cl5NOS. The van der Waals surface area contributed by atoms with E-state index < -0.39 is 0 Å². The third-order valence-electron chi connectivity index (χ3n) is 2.54. The summed E-state index contributed by atoms with van der Waals surface area (Å²) in [6, 6.07) is 8.04. The third-order valence-corrected chi connectivity index (χ3v) is 5.30. The van der Waals surface area contributed by atoms with Crippen LogP contribution in [-0.2, 0) is 4.79 Å². The molecule has 0 aliphatic heterocycles. The summed E-state index contributed by atoms with van der Waals surface area (Å²) < 4.78 is 0. The summed E-state index contributed by atoms with van der Waals surface area (Å²) >= 11 is 31.0. The van der Waals surface area contributed by atoms with Gasteiger partial charge in [0.1, 0.15) is 0 Å². The minimum Gasteiger partial charge on any atom is -0.324 e. The van der Waals surface area contributed by atoms with E-state index in [1.807, 2.05) is 0 Å². The Bertz CT molecular complexity index is 723. The number of rotatable bonds is 4. The van der Waals surface area contributed by atoms with Gasteiger partial charge in [0.05, 0.1) is 31.5 Å². The molecule has 2 aromatic carbocycles. The van der Waals surface area contributed by atoms with Crippen molar-refractivity contribution in [3.05, 3.63) is 55.4 Å². The molecule has 0 spiro atoms. The molecule has 0 aliphatic carbocycles. The molecule has 1 N–H and O–H groups in total. The van der Waals surface area contributed by atoms with Crippen LogP contribution in [0.1, 0.15) is 0 Å². The minimum absolute atomic E-state index is 0.149.